The van der Waals surface area contributed by atoms with Crippen molar-refractivity contribution < 1.29 is 14.3 Å². The van der Waals surface area contributed by atoms with Gasteiger partial charge in [0.25, 0.3) is 0 Å². The summed E-state index contributed by atoms with van der Waals surface area (Å²) in [6, 6.07) is 0. The molecule has 0 aromatic heterocycles. The van der Waals surface area contributed by atoms with Gasteiger partial charge in [0, 0.05) is 18.8 Å². The van der Waals surface area contributed by atoms with Gasteiger partial charge < -0.3 is 4.74 Å². The molecule has 16 heavy (non-hydrogen) atoms. The standard InChI is InChI=1S/C13H20O3/c1-4-5-13(6-7-16-11(3)14)9-10(2)8-12(13)15/h4,10H,1,5-9H2,2-3H3. The highest BCUT2D eigenvalue weighted by Crippen LogP contribution is 2.44. The summed E-state index contributed by atoms with van der Waals surface area (Å²) in [5.41, 5.74) is -0.323. The topological polar surface area (TPSA) is 43.4 Å². The van der Waals surface area contributed by atoms with Crippen molar-refractivity contribution in [2.45, 2.75) is 39.5 Å². The number of rotatable bonds is 5. The predicted molar refractivity (Wildman–Crippen MR) is 61.9 cm³/mol. The van der Waals surface area contributed by atoms with E-state index >= 15 is 0 Å². The first-order chi connectivity index (χ1) is 7.50. The number of carbonyl (C=O) groups is 2. The van der Waals surface area contributed by atoms with Crippen LogP contribution in [0.4, 0.5) is 0 Å². The maximum atomic E-state index is 12.0. The Kier molecular flexibility index (Phi) is 4.27. The normalized spacial score (nSPS) is 29.1. The number of allylic oxidation sites excluding steroid dienone is 1. The molecule has 3 nitrogen and oxygen atoms in total. The van der Waals surface area contributed by atoms with Crippen molar-refractivity contribution in [1.29, 1.82) is 0 Å². The van der Waals surface area contributed by atoms with E-state index in [9.17, 15) is 9.59 Å². The number of hydrogen-bond acceptors (Lipinski definition) is 3. The molecule has 90 valence electrons. The molecule has 3 heteroatoms. The zero-order valence-corrected chi connectivity index (χ0v) is 10.1. The fourth-order valence-electron chi connectivity index (χ4n) is 2.59. The third-order valence-electron chi connectivity index (χ3n) is 3.29. The van der Waals surface area contributed by atoms with Gasteiger partial charge in [-0.15, -0.1) is 6.58 Å². The minimum Gasteiger partial charge on any atom is -0.466 e. The lowest BCUT2D eigenvalue weighted by Gasteiger charge is -2.25. The highest BCUT2D eigenvalue weighted by molar-refractivity contribution is 5.87. The second kappa shape index (κ2) is 5.28. The van der Waals surface area contributed by atoms with Crippen LogP contribution in [0.2, 0.25) is 0 Å². The number of carbonyl (C=O) groups excluding carboxylic acids is 2. The Hall–Kier alpha value is -1.12. The van der Waals surface area contributed by atoms with Crippen LogP contribution in [0.1, 0.15) is 39.5 Å². The molecule has 1 aliphatic carbocycles. The average Bonchev–Trinajstić information content (AvgIpc) is 2.42. The maximum absolute atomic E-state index is 12.0. The summed E-state index contributed by atoms with van der Waals surface area (Å²) in [6.07, 6.45) is 4.65. The van der Waals surface area contributed by atoms with Gasteiger partial charge in [-0.3, -0.25) is 9.59 Å². The van der Waals surface area contributed by atoms with Gasteiger partial charge in [-0.05, 0) is 25.2 Å². The second-order valence-corrected chi connectivity index (χ2v) is 4.80. The molecular formula is C13H20O3. The first-order valence-corrected chi connectivity index (χ1v) is 5.78. The maximum Gasteiger partial charge on any atom is 0.302 e. The van der Waals surface area contributed by atoms with Crippen LogP contribution in [0.15, 0.2) is 12.7 Å². The Morgan fingerprint density at radius 2 is 2.38 bits per heavy atom. The molecule has 0 saturated heterocycles. The Labute approximate surface area is 96.9 Å². The van der Waals surface area contributed by atoms with Crippen LogP contribution in [-0.2, 0) is 14.3 Å². The van der Waals surface area contributed by atoms with Crippen molar-refractivity contribution >= 4 is 11.8 Å². The van der Waals surface area contributed by atoms with Gasteiger partial charge >= 0.3 is 5.97 Å². The van der Waals surface area contributed by atoms with Gasteiger partial charge in [-0.2, -0.15) is 0 Å². The molecule has 0 bridgehead atoms. The van der Waals surface area contributed by atoms with Crippen molar-refractivity contribution in [3.05, 3.63) is 12.7 Å². The molecule has 0 aromatic carbocycles. The summed E-state index contributed by atoms with van der Waals surface area (Å²) < 4.78 is 4.93. The molecule has 2 unspecified atom stereocenters. The van der Waals surface area contributed by atoms with E-state index < -0.39 is 0 Å². The van der Waals surface area contributed by atoms with Gasteiger partial charge in [0.2, 0.25) is 0 Å². The molecule has 0 N–H and O–H groups in total. The van der Waals surface area contributed by atoms with Gasteiger partial charge in [0.05, 0.1) is 6.61 Å². The third kappa shape index (κ3) is 2.94. The Morgan fingerprint density at radius 3 is 2.81 bits per heavy atom. The largest absolute Gasteiger partial charge is 0.466 e. The van der Waals surface area contributed by atoms with Crippen molar-refractivity contribution in [2.75, 3.05) is 6.61 Å². The van der Waals surface area contributed by atoms with Crippen LogP contribution in [0, 0.1) is 11.3 Å². The molecule has 0 heterocycles. The lowest BCUT2D eigenvalue weighted by Crippen LogP contribution is -2.27. The van der Waals surface area contributed by atoms with E-state index in [1.807, 2.05) is 0 Å². The van der Waals surface area contributed by atoms with Crippen molar-refractivity contribution in [3.8, 4) is 0 Å². The zero-order chi connectivity index (χ0) is 12.2. The van der Waals surface area contributed by atoms with E-state index in [1.54, 1.807) is 6.08 Å². The van der Waals surface area contributed by atoms with Crippen LogP contribution in [-0.4, -0.2) is 18.4 Å². The van der Waals surface area contributed by atoms with E-state index in [0.29, 0.717) is 37.6 Å². The fraction of sp³-hybridized carbons (Fsp3) is 0.692. The van der Waals surface area contributed by atoms with E-state index in [1.165, 1.54) is 6.92 Å². The number of Topliss-reactive ketones (excluding diaryl/α,β-unsaturated/α-hetero) is 1. The fourth-order valence-corrected chi connectivity index (χ4v) is 2.59. The Bertz CT molecular complexity index is 296. The molecule has 2 atom stereocenters. The lowest BCUT2D eigenvalue weighted by atomic mass is 9.78. The average molecular weight is 224 g/mol. The molecule has 1 rings (SSSR count). The summed E-state index contributed by atoms with van der Waals surface area (Å²) >= 11 is 0. The van der Waals surface area contributed by atoms with Crippen LogP contribution in [0.25, 0.3) is 0 Å². The highest BCUT2D eigenvalue weighted by Gasteiger charge is 2.43. The van der Waals surface area contributed by atoms with Crippen LogP contribution in [0.5, 0.6) is 0 Å². The van der Waals surface area contributed by atoms with E-state index in [2.05, 4.69) is 13.5 Å². The summed E-state index contributed by atoms with van der Waals surface area (Å²) in [5, 5.41) is 0. The zero-order valence-electron chi connectivity index (χ0n) is 10.1. The van der Waals surface area contributed by atoms with Crippen LogP contribution < -0.4 is 0 Å². The van der Waals surface area contributed by atoms with Gasteiger partial charge in [-0.1, -0.05) is 13.0 Å². The quantitative estimate of drug-likeness (QED) is 0.532. The van der Waals surface area contributed by atoms with Crippen LogP contribution in [0.3, 0.4) is 0 Å². The first-order valence-electron chi connectivity index (χ1n) is 5.78. The molecule has 0 aliphatic heterocycles. The minimum atomic E-state index is -0.323. The predicted octanol–water partition coefficient (Wildman–Crippen LogP) is 2.50. The summed E-state index contributed by atoms with van der Waals surface area (Å²) in [5.74, 6) is 0.448. The monoisotopic (exact) mass is 224 g/mol. The molecule has 0 aromatic rings. The van der Waals surface area contributed by atoms with Crippen molar-refractivity contribution in [1.82, 2.24) is 0 Å². The van der Waals surface area contributed by atoms with Crippen molar-refractivity contribution in [2.24, 2.45) is 11.3 Å². The second-order valence-electron chi connectivity index (χ2n) is 4.80. The molecule has 0 radical (unpaired) electrons. The molecule has 0 amide bonds. The first kappa shape index (κ1) is 12.9. The molecule has 1 saturated carbocycles. The van der Waals surface area contributed by atoms with Gasteiger partial charge in [-0.25, -0.2) is 0 Å². The van der Waals surface area contributed by atoms with E-state index in [0.717, 1.165) is 6.42 Å². The van der Waals surface area contributed by atoms with Gasteiger partial charge in [0.15, 0.2) is 0 Å². The van der Waals surface area contributed by atoms with Gasteiger partial charge in [0.1, 0.15) is 5.78 Å². The van der Waals surface area contributed by atoms with Crippen molar-refractivity contribution in [3.63, 3.8) is 0 Å². The molecular weight excluding hydrogens is 204 g/mol. The Balaban J connectivity index is 2.62. The SMILES string of the molecule is C=CCC1(CCOC(C)=O)CC(C)CC1=O. The molecule has 1 fully saturated rings. The smallest absolute Gasteiger partial charge is 0.302 e. The number of esters is 1. The minimum absolute atomic E-state index is 0.285. The number of ketones is 1. The summed E-state index contributed by atoms with van der Waals surface area (Å²) in [4.78, 5) is 22.7. The summed E-state index contributed by atoms with van der Waals surface area (Å²) in [6.45, 7) is 7.53. The number of hydrogen-bond donors (Lipinski definition) is 0. The third-order valence-corrected chi connectivity index (χ3v) is 3.29. The highest BCUT2D eigenvalue weighted by atomic mass is 16.5. The van der Waals surface area contributed by atoms with E-state index in [4.69, 9.17) is 4.74 Å². The Morgan fingerprint density at radius 1 is 1.69 bits per heavy atom. The summed E-state index contributed by atoms with van der Waals surface area (Å²) in [7, 11) is 0. The molecule has 0 spiro atoms. The molecule has 1 aliphatic rings. The lowest BCUT2D eigenvalue weighted by molar-refractivity contribution is -0.143. The number of ether oxygens (including phenoxy) is 1. The van der Waals surface area contributed by atoms with Crippen LogP contribution >= 0.6 is 0 Å². The van der Waals surface area contributed by atoms with E-state index in [-0.39, 0.29) is 11.4 Å².